The van der Waals surface area contributed by atoms with Crippen LogP contribution in [0.3, 0.4) is 0 Å². The molecule has 1 N–H and O–H groups in total. The van der Waals surface area contributed by atoms with Crippen molar-refractivity contribution in [3.8, 4) is 11.5 Å². The van der Waals surface area contributed by atoms with Gasteiger partial charge in [0.15, 0.2) is 16.7 Å². The average Bonchev–Trinajstić information content (AvgIpc) is 3.39. The molecule has 1 aliphatic heterocycles. The van der Waals surface area contributed by atoms with Crippen molar-refractivity contribution in [2.24, 2.45) is 0 Å². The van der Waals surface area contributed by atoms with Crippen molar-refractivity contribution >= 4 is 17.7 Å². The number of thioether (sulfide) groups is 1. The summed E-state index contributed by atoms with van der Waals surface area (Å²) in [6, 6.07) is 7.93. The van der Waals surface area contributed by atoms with Gasteiger partial charge < -0.3 is 19.4 Å². The topological polar surface area (TPSA) is 78.3 Å². The number of hydrogen-bond donors (Lipinski definition) is 1. The molecule has 0 bridgehead atoms. The lowest BCUT2D eigenvalue weighted by Crippen LogP contribution is -2.44. The lowest BCUT2D eigenvalue weighted by Gasteiger charge is -2.25. The highest BCUT2D eigenvalue weighted by atomic mass is 32.2. The zero-order valence-corrected chi connectivity index (χ0v) is 16.9. The first kappa shape index (κ1) is 19.1. The first-order valence-corrected chi connectivity index (χ1v) is 11.1. The summed E-state index contributed by atoms with van der Waals surface area (Å²) in [5.41, 5.74) is 0. The summed E-state index contributed by atoms with van der Waals surface area (Å²) in [7, 11) is 0. The number of ether oxygens (including phenoxy) is 2. The summed E-state index contributed by atoms with van der Waals surface area (Å²) in [5.74, 6) is 2.18. The van der Waals surface area contributed by atoms with Gasteiger partial charge in [-0.1, -0.05) is 36.7 Å². The molecule has 1 aromatic heterocycles. The fourth-order valence-corrected chi connectivity index (χ4v) is 4.44. The number of para-hydroxylation sites is 2. The Hall–Kier alpha value is -2.22. The van der Waals surface area contributed by atoms with Gasteiger partial charge >= 0.3 is 0 Å². The van der Waals surface area contributed by atoms with Crippen LogP contribution in [0, 0.1) is 0 Å². The summed E-state index contributed by atoms with van der Waals surface area (Å²) < 4.78 is 13.7. The van der Waals surface area contributed by atoms with Crippen LogP contribution >= 0.6 is 11.8 Å². The van der Waals surface area contributed by atoms with Crippen LogP contribution in [0.15, 0.2) is 29.4 Å². The number of aryl methyl sites for hydroxylation is 1. The molecule has 8 heteroatoms. The van der Waals surface area contributed by atoms with Crippen molar-refractivity contribution in [2.45, 2.75) is 55.8 Å². The Morgan fingerprint density at radius 2 is 2.04 bits per heavy atom. The summed E-state index contributed by atoms with van der Waals surface area (Å²) in [4.78, 5) is 12.4. The van der Waals surface area contributed by atoms with E-state index < -0.39 is 6.10 Å². The Morgan fingerprint density at radius 3 is 2.82 bits per heavy atom. The second-order valence-electron chi connectivity index (χ2n) is 7.17. The van der Waals surface area contributed by atoms with Crippen LogP contribution in [0.5, 0.6) is 11.5 Å². The molecule has 1 aliphatic carbocycles. The third kappa shape index (κ3) is 4.11. The number of hydrogen-bond acceptors (Lipinski definition) is 6. The average molecular weight is 403 g/mol. The van der Waals surface area contributed by atoms with Gasteiger partial charge in [0, 0.05) is 19.0 Å². The Balaban J connectivity index is 1.27. The highest BCUT2D eigenvalue weighted by molar-refractivity contribution is 7.98. The third-order valence-electron chi connectivity index (χ3n) is 5.28. The lowest BCUT2D eigenvalue weighted by atomic mass is 10.2. The number of benzene rings is 1. The van der Waals surface area contributed by atoms with Gasteiger partial charge in [-0.25, -0.2) is 0 Å². The molecule has 2 aliphatic rings. The number of carbonyl (C=O) groups is 1. The third-order valence-corrected chi connectivity index (χ3v) is 5.93. The van der Waals surface area contributed by atoms with E-state index in [0.717, 1.165) is 23.8 Å². The summed E-state index contributed by atoms with van der Waals surface area (Å²) in [5, 5.41) is 12.7. The molecule has 1 atom stereocenters. The fourth-order valence-electron chi connectivity index (χ4n) is 3.87. The zero-order valence-electron chi connectivity index (χ0n) is 16.1. The Morgan fingerprint density at radius 1 is 1.25 bits per heavy atom. The molecule has 2 aromatic rings. The predicted molar refractivity (Wildman–Crippen MR) is 107 cm³/mol. The van der Waals surface area contributed by atoms with Crippen LogP contribution in [0.25, 0.3) is 0 Å². The van der Waals surface area contributed by atoms with E-state index in [2.05, 4.69) is 20.1 Å². The largest absolute Gasteiger partial charge is 0.485 e. The first-order chi connectivity index (χ1) is 13.8. The second kappa shape index (κ2) is 8.86. The van der Waals surface area contributed by atoms with Crippen LogP contribution in [-0.4, -0.2) is 46.2 Å². The lowest BCUT2D eigenvalue weighted by molar-refractivity contribution is -0.130. The molecule has 1 aromatic carbocycles. The molecule has 0 radical (unpaired) electrons. The van der Waals surface area contributed by atoms with Gasteiger partial charge in [-0.3, -0.25) is 4.79 Å². The molecule has 1 amide bonds. The van der Waals surface area contributed by atoms with E-state index in [9.17, 15) is 4.79 Å². The monoisotopic (exact) mass is 402 g/mol. The van der Waals surface area contributed by atoms with Crippen molar-refractivity contribution in [1.29, 1.82) is 0 Å². The molecule has 0 spiro atoms. The Kier molecular flexibility index (Phi) is 6.04. The number of amides is 1. The molecular formula is C20H26N4O3S. The summed E-state index contributed by atoms with van der Waals surface area (Å²) >= 11 is 1.65. The van der Waals surface area contributed by atoms with Gasteiger partial charge in [-0.05, 0) is 37.7 Å². The predicted octanol–water partition coefficient (Wildman–Crippen LogP) is 3.00. The van der Waals surface area contributed by atoms with E-state index in [1.807, 2.05) is 30.5 Å². The van der Waals surface area contributed by atoms with Crippen LogP contribution in [0.4, 0.5) is 0 Å². The molecule has 7 nitrogen and oxygen atoms in total. The smallest absolute Gasteiger partial charge is 0.264 e. The number of carbonyl (C=O) groups excluding carboxylic acids is 1. The van der Waals surface area contributed by atoms with E-state index in [-0.39, 0.29) is 12.5 Å². The number of nitrogens with one attached hydrogen (secondary N) is 1. The quantitative estimate of drug-likeness (QED) is 0.567. The van der Waals surface area contributed by atoms with Crippen molar-refractivity contribution in [3.63, 3.8) is 0 Å². The van der Waals surface area contributed by atoms with E-state index in [4.69, 9.17) is 9.47 Å². The Labute approximate surface area is 169 Å². The Bertz CT molecular complexity index is 820. The van der Waals surface area contributed by atoms with Crippen molar-refractivity contribution in [1.82, 2.24) is 20.1 Å². The van der Waals surface area contributed by atoms with Crippen molar-refractivity contribution in [3.05, 3.63) is 30.1 Å². The number of rotatable bonds is 7. The van der Waals surface area contributed by atoms with Gasteiger partial charge in [0.05, 0.1) is 0 Å². The molecule has 1 saturated carbocycles. The molecule has 0 saturated heterocycles. The molecular weight excluding hydrogens is 376 g/mol. The zero-order chi connectivity index (χ0) is 19.3. The number of aromatic nitrogens is 3. The minimum absolute atomic E-state index is 0.142. The maximum atomic E-state index is 12.4. The minimum Gasteiger partial charge on any atom is -0.485 e. The van der Waals surface area contributed by atoms with Gasteiger partial charge in [-0.2, -0.15) is 0 Å². The second-order valence-corrected chi connectivity index (χ2v) is 7.94. The molecule has 2 heterocycles. The van der Waals surface area contributed by atoms with Crippen LogP contribution in [0.2, 0.25) is 0 Å². The normalized spacial score (nSPS) is 19.0. The van der Waals surface area contributed by atoms with E-state index >= 15 is 0 Å². The van der Waals surface area contributed by atoms with E-state index in [1.165, 1.54) is 25.7 Å². The molecule has 28 heavy (non-hydrogen) atoms. The summed E-state index contributed by atoms with van der Waals surface area (Å²) in [6.07, 6.45) is 8.01. The molecule has 1 fully saturated rings. The number of fused-ring (bicyclic) bond motifs is 1. The van der Waals surface area contributed by atoms with Gasteiger partial charge in [0.1, 0.15) is 12.4 Å². The maximum Gasteiger partial charge on any atom is 0.264 e. The first-order valence-electron chi connectivity index (χ1n) is 9.90. The highest BCUT2D eigenvalue weighted by Gasteiger charge is 2.27. The summed E-state index contributed by atoms with van der Waals surface area (Å²) in [6.45, 7) is 0.808. The van der Waals surface area contributed by atoms with Gasteiger partial charge in [0.25, 0.3) is 5.91 Å². The SMILES string of the molecule is CSc1nnc(CCCNC(=O)[C@@H]2COc3ccccc3O2)n1C1CCCC1. The van der Waals surface area contributed by atoms with Crippen LogP contribution < -0.4 is 14.8 Å². The van der Waals surface area contributed by atoms with Gasteiger partial charge in [-0.15, -0.1) is 10.2 Å². The fraction of sp³-hybridized carbons (Fsp3) is 0.550. The molecule has 0 unspecified atom stereocenters. The van der Waals surface area contributed by atoms with Crippen LogP contribution in [-0.2, 0) is 11.2 Å². The maximum absolute atomic E-state index is 12.4. The van der Waals surface area contributed by atoms with Gasteiger partial charge in [0.2, 0.25) is 6.10 Å². The minimum atomic E-state index is -0.611. The van der Waals surface area contributed by atoms with E-state index in [0.29, 0.717) is 24.1 Å². The highest BCUT2D eigenvalue weighted by Crippen LogP contribution is 2.33. The molecule has 4 rings (SSSR count). The standard InChI is InChI=1S/C20H26N4O3S/c1-28-20-23-22-18(24(20)14-7-2-3-8-14)11-6-12-21-19(25)17-13-26-15-9-4-5-10-16(15)27-17/h4-5,9-10,14,17H,2-3,6-8,11-13H2,1H3,(H,21,25)/t17-/m0/s1. The van der Waals surface area contributed by atoms with Crippen molar-refractivity contribution in [2.75, 3.05) is 19.4 Å². The van der Waals surface area contributed by atoms with Crippen molar-refractivity contribution < 1.29 is 14.3 Å². The molecule has 150 valence electrons. The van der Waals surface area contributed by atoms with Crippen LogP contribution in [0.1, 0.15) is 44.0 Å². The van der Waals surface area contributed by atoms with E-state index in [1.54, 1.807) is 11.8 Å². The number of nitrogens with zero attached hydrogens (tertiary/aromatic N) is 3.